The van der Waals surface area contributed by atoms with Crippen molar-refractivity contribution in [2.24, 2.45) is 14.1 Å². The average molecular weight is 339 g/mol. The first-order valence-corrected chi connectivity index (χ1v) is 8.53. The summed E-state index contributed by atoms with van der Waals surface area (Å²) in [6.45, 7) is 2.45. The summed E-state index contributed by atoms with van der Waals surface area (Å²) in [7, 11) is 3.17. The minimum Gasteiger partial charge on any atom is -0.340 e. The molecule has 0 spiro atoms. The molecule has 2 aromatic heterocycles. The molecule has 0 atom stereocenters. The third-order valence-corrected chi connectivity index (χ3v) is 4.94. The Bertz CT molecular complexity index is 1050. The third kappa shape index (κ3) is 2.47. The maximum absolute atomic E-state index is 12.5. The lowest BCUT2D eigenvalue weighted by Crippen LogP contribution is -2.37. The highest BCUT2D eigenvalue weighted by Gasteiger charge is 2.26. The zero-order chi connectivity index (χ0) is 17.6. The maximum Gasteiger partial charge on any atom is 0.332 e. The van der Waals surface area contributed by atoms with Crippen LogP contribution in [-0.4, -0.2) is 31.8 Å². The molecular formula is C18H21N5O2. The van der Waals surface area contributed by atoms with Crippen molar-refractivity contribution in [2.45, 2.75) is 19.4 Å². The summed E-state index contributed by atoms with van der Waals surface area (Å²) in [5.41, 5.74) is 1.69. The van der Waals surface area contributed by atoms with Crippen molar-refractivity contribution < 1.29 is 0 Å². The molecule has 0 N–H and O–H groups in total. The molecule has 4 rings (SSSR count). The molecule has 25 heavy (non-hydrogen) atoms. The zero-order valence-corrected chi connectivity index (χ0v) is 14.5. The summed E-state index contributed by atoms with van der Waals surface area (Å²) in [6, 6.07) is 10.4. The lowest BCUT2D eigenvalue weighted by atomic mass is 10.1. The van der Waals surface area contributed by atoms with E-state index in [0.29, 0.717) is 11.2 Å². The molecule has 0 bridgehead atoms. The molecule has 1 aromatic carbocycles. The van der Waals surface area contributed by atoms with Crippen molar-refractivity contribution in [1.29, 1.82) is 0 Å². The van der Waals surface area contributed by atoms with Crippen LogP contribution in [0.5, 0.6) is 0 Å². The number of aryl methyl sites for hydroxylation is 2. The van der Waals surface area contributed by atoms with Gasteiger partial charge in [-0.25, -0.2) is 4.79 Å². The lowest BCUT2D eigenvalue weighted by molar-refractivity contribution is 0.695. The highest BCUT2D eigenvalue weighted by Crippen LogP contribution is 2.24. The fourth-order valence-corrected chi connectivity index (χ4v) is 3.54. The number of anilines is 1. The first-order chi connectivity index (χ1) is 12.1. The highest BCUT2D eigenvalue weighted by atomic mass is 16.2. The lowest BCUT2D eigenvalue weighted by Gasteiger charge is -2.15. The largest absolute Gasteiger partial charge is 0.340 e. The topological polar surface area (TPSA) is 65.1 Å². The van der Waals surface area contributed by atoms with E-state index in [1.807, 2.05) is 10.6 Å². The summed E-state index contributed by atoms with van der Waals surface area (Å²) in [6.07, 6.45) is 2.03. The van der Waals surface area contributed by atoms with Gasteiger partial charge in [0, 0.05) is 33.7 Å². The predicted octanol–water partition coefficient (Wildman–Crippen LogP) is 0.886. The summed E-state index contributed by atoms with van der Waals surface area (Å²) in [4.78, 5) is 31.4. The van der Waals surface area contributed by atoms with Crippen molar-refractivity contribution in [3.05, 3.63) is 56.7 Å². The Kier molecular flexibility index (Phi) is 3.71. The van der Waals surface area contributed by atoms with Crippen LogP contribution in [-0.2, 0) is 27.1 Å². The Hall–Kier alpha value is -2.83. The van der Waals surface area contributed by atoms with Gasteiger partial charge in [-0.15, -0.1) is 0 Å². The van der Waals surface area contributed by atoms with Crippen molar-refractivity contribution in [3.63, 3.8) is 0 Å². The van der Waals surface area contributed by atoms with Gasteiger partial charge in [-0.3, -0.25) is 13.9 Å². The van der Waals surface area contributed by atoms with Gasteiger partial charge in [-0.1, -0.05) is 30.3 Å². The number of hydrogen-bond acceptors (Lipinski definition) is 4. The van der Waals surface area contributed by atoms with Crippen LogP contribution in [0, 0.1) is 0 Å². The van der Waals surface area contributed by atoms with E-state index in [0.717, 1.165) is 43.0 Å². The molecule has 0 unspecified atom stereocenters. The molecule has 0 saturated heterocycles. The fourth-order valence-electron chi connectivity index (χ4n) is 3.54. The van der Waals surface area contributed by atoms with E-state index in [1.54, 1.807) is 7.05 Å². The van der Waals surface area contributed by atoms with Gasteiger partial charge in [-0.05, 0) is 18.4 Å². The molecule has 0 radical (unpaired) electrons. The van der Waals surface area contributed by atoms with Crippen LogP contribution < -0.4 is 16.1 Å². The van der Waals surface area contributed by atoms with Crippen molar-refractivity contribution in [2.75, 3.05) is 18.0 Å². The Balaban J connectivity index is 1.62. The van der Waals surface area contributed by atoms with Gasteiger partial charge < -0.3 is 9.47 Å². The Morgan fingerprint density at radius 2 is 1.80 bits per heavy atom. The summed E-state index contributed by atoms with van der Waals surface area (Å²) >= 11 is 0. The molecule has 0 aliphatic carbocycles. The van der Waals surface area contributed by atoms with Crippen LogP contribution in [0.15, 0.2) is 39.9 Å². The standard InChI is InChI=1S/C18H21N5O2/c1-20-15-14(16(24)21(2)18(20)25)23-12-11-22(17(23)19-15)10-6-9-13-7-4-3-5-8-13/h3-5,7-8H,6,9-12H2,1-2H3. The monoisotopic (exact) mass is 339 g/mol. The van der Waals surface area contributed by atoms with E-state index in [9.17, 15) is 9.59 Å². The van der Waals surface area contributed by atoms with Gasteiger partial charge in [0.05, 0.1) is 0 Å². The first kappa shape index (κ1) is 15.7. The van der Waals surface area contributed by atoms with Gasteiger partial charge in [0.1, 0.15) is 0 Å². The van der Waals surface area contributed by atoms with Crippen molar-refractivity contribution in [1.82, 2.24) is 18.7 Å². The number of fused-ring (bicyclic) bond motifs is 3. The summed E-state index contributed by atoms with van der Waals surface area (Å²) < 4.78 is 4.54. The second-order valence-corrected chi connectivity index (χ2v) is 6.52. The molecule has 0 fully saturated rings. The molecule has 0 saturated carbocycles. The Morgan fingerprint density at radius 1 is 1.04 bits per heavy atom. The third-order valence-electron chi connectivity index (χ3n) is 4.94. The molecular weight excluding hydrogens is 318 g/mol. The number of nitrogens with zero attached hydrogens (tertiary/aromatic N) is 5. The SMILES string of the molecule is Cn1c(=O)c2c(nc3n2CCN3CCCc2ccccc2)n(C)c1=O. The first-order valence-electron chi connectivity index (χ1n) is 8.53. The van der Waals surface area contributed by atoms with E-state index in [4.69, 9.17) is 0 Å². The normalized spacial score (nSPS) is 13.6. The number of rotatable bonds is 4. The van der Waals surface area contributed by atoms with Crippen LogP contribution in [0.3, 0.4) is 0 Å². The molecule has 3 aromatic rings. The molecule has 130 valence electrons. The molecule has 1 aliphatic rings. The molecule has 0 amide bonds. The minimum absolute atomic E-state index is 0.275. The zero-order valence-electron chi connectivity index (χ0n) is 14.5. The average Bonchev–Trinajstić information content (AvgIpc) is 3.19. The summed E-state index contributed by atoms with van der Waals surface area (Å²) in [5.74, 6) is 0.793. The number of aromatic nitrogens is 4. The molecule has 3 heterocycles. The Labute approximate surface area is 144 Å². The maximum atomic E-state index is 12.5. The van der Waals surface area contributed by atoms with E-state index in [2.05, 4.69) is 34.1 Å². The van der Waals surface area contributed by atoms with Crippen LogP contribution in [0.4, 0.5) is 5.95 Å². The molecule has 7 heteroatoms. The van der Waals surface area contributed by atoms with Crippen LogP contribution >= 0.6 is 0 Å². The van der Waals surface area contributed by atoms with E-state index >= 15 is 0 Å². The predicted molar refractivity (Wildman–Crippen MR) is 97.2 cm³/mol. The van der Waals surface area contributed by atoms with Crippen molar-refractivity contribution in [3.8, 4) is 0 Å². The van der Waals surface area contributed by atoms with Gasteiger partial charge in [-0.2, -0.15) is 4.98 Å². The van der Waals surface area contributed by atoms with Crippen LogP contribution in [0.1, 0.15) is 12.0 Å². The number of hydrogen-bond donors (Lipinski definition) is 0. The fraction of sp³-hybridized carbons (Fsp3) is 0.389. The Morgan fingerprint density at radius 3 is 2.56 bits per heavy atom. The van der Waals surface area contributed by atoms with Gasteiger partial charge in [0.2, 0.25) is 5.95 Å². The highest BCUT2D eigenvalue weighted by molar-refractivity contribution is 5.75. The van der Waals surface area contributed by atoms with Crippen molar-refractivity contribution >= 4 is 17.1 Å². The van der Waals surface area contributed by atoms with Gasteiger partial charge in [0.15, 0.2) is 11.2 Å². The quantitative estimate of drug-likeness (QED) is 0.708. The second kappa shape index (κ2) is 5.91. The summed E-state index contributed by atoms with van der Waals surface area (Å²) in [5, 5.41) is 0. The minimum atomic E-state index is -0.343. The number of benzene rings is 1. The van der Waals surface area contributed by atoms with E-state index in [-0.39, 0.29) is 11.2 Å². The smallest absolute Gasteiger partial charge is 0.332 e. The molecule has 7 nitrogen and oxygen atoms in total. The number of imidazole rings is 1. The second-order valence-electron chi connectivity index (χ2n) is 6.52. The van der Waals surface area contributed by atoms with Gasteiger partial charge >= 0.3 is 5.69 Å². The van der Waals surface area contributed by atoms with Crippen LogP contribution in [0.25, 0.3) is 11.2 Å². The van der Waals surface area contributed by atoms with E-state index in [1.165, 1.54) is 17.2 Å². The molecule has 1 aliphatic heterocycles. The van der Waals surface area contributed by atoms with E-state index < -0.39 is 0 Å². The van der Waals surface area contributed by atoms with Crippen LogP contribution in [0.2, 0.25) is 0 Å². The van der Waals surface area contributed by atoms with Gasteiger partial charge in [0.25, 0.3) is 5.56 Å².